The number of carbonyl (C=O) groups is 1. The molecule has 78 valence electrons. The summed E-state index contributed by atoms with van der Waals surface area (Å²) in [6.07, 6.45) is 3.96. The fraction of sp³-hybridized carbons (Fsp3) is 0.308. The maximum atomic E-state index is 10.6. The van der Waals surface area contributed by atoms with E-state index in [0.717, 1.165) is 12.7 Å². The second-order valence-electron chi connectivity index (χ2n) is 4.10. The van der Waals surface area contributed by atoms with Crippen LogP contribution in [0.5, 0.6) is 0 Å². The minimum Gasteiger partial charge on any atom is -0.350 e. The van der Waals surface area contributed by atoms with Gasteiger partial charge >= 0.3 is 0 Å². The van der Waals surface area contributed by atoms with Gasteiger partial charge in [0, 0.05) is 30.1 Å². The predicted molar refractivity (Wildman–Crippen MR) is 61.9 cm³/mol. The molecular formula is C13H15NO. The van der Waals surface area contributed by atoms with E-state index in [0.29, 0.717) is 0 Å². The average Bonchev–Trinajstić information content (AvgIpc) is 2.57. The highest BCUT2D eigenvalue weighted by atomic mass is 16.1. The number of fused-ring (bicyclic) bond motifs is 1. The first-order valence-electron chi connectivity index (χ1n) is 5.20. The molecule has 1 aromatic heterocycles. The van der Waals surface area contributed by atoms with Crippen LogP contribution in [-0.2, 0) is 18.3 Å². The monoisotopic (exact) mass is 201 g/mol. The molecule has 2 heteroatoms. The normalized spacial score (nSPS) is 12.9. The number of hydrogen-bond acceptors (Lipinski definition) is 1. The van der Waals surface area contributed by atoms with Crippen LogP contribution in [0.25, 0.3) is 10.9 Å². The Balaban J connectivity index is 2.47. The van der Waals surface area contributed by atoms with Crippen LogP contribution in [0.3, 0.4) is 0 Å². The molecule has 0 bridgehead atoms. The Hall–Kier alpha value is -1.57. The van der Waals surface area contributed by atoms with Crippen molar-refractivity contribution in [2.75, 3.05) is 0 Å². The van der Waals surface area contributed by atoms with E-state index in [1.807, 2.05) is 26.1 Å². The lowest BCUT2D eigenvalue weighted by atomic mass is 10.0. The number of hydrogen-bond donors (Lipinski definition) is 0. The molecule has 2 aromatic rings. The first kappa shape index (κ1) is 9.97. The van der Waals surface area contributed by atoms with Gasteiger partial charge in [0.25, 0.3) is 0 Å². The fourth-order valence-corrected chi connectivity index (χ4v) is 1.98. The van der Waals surface area contributed by atoms with E-state index in [-0.39, 0.29) is 5.92 Å². The van der Waals surface area contributed by atoms with Crippen molar-refractivity contribution in [2.24, 2.45) is 13.0 Å². The van der Waals surface area contributed by atoms with Crippen molar-refractivity contribution >= 4 is 17.2 Å². The molecule has 2 rings (SSSR count). The summed E-state index contributed by atoms with van der Waals surface area (Å²) >= 11 is 0. The molecule has 0 fully saturated rings. The van der Waals surface area contributed by atoms with E-state index in [1.165, 1.54) is 16.5 Å². The molecule has 0 aliphatic rings. The van der Waals surface area contributed by atoms with Gasteiger partial charge in [-0.05, 0) is 18.1 Å². The Bertz CT molecular complexity index is 484. The van der Waals surface area contributed by atoms with E-state index < -0.39 is 0 Å². The summed E-state index contributed by atoms with van der Waals surface area (Å²) < 4.78 is 2.11. The molecule has 0 saturated heterocycles. The number of nitrogens with zero attached hydrogens (tertiary/aromatic N) is 1. The maximum absolute atomic E-state index is 10.6. The van der Waals surface area contributed by atoms with E-state index in [1.54, 1.807) is 0 Å². The van der Waals surface area contributed by atoms with Gasteiger partial charge in [0.2, 0.25) is 0 Å². The number of aldehydes is 1. The summed E-state index contributed by atoms with van der Waals surface area (Å²) in [7, 11) is 2.04. The lowest BCUT2D eigenvalue weighted by Crippen LogP contribution is -1.99. The zero-order valence-corrected chi connectivity index (χ0v) is 9.10. The number of rotatable bonds is 3. The zero-order valence-electron chi connectivity index (χ0n) is 9.10. The Morgan fingerprint density at radius 1 is 1.40 bits per heavy atom. The first-order valence-corrected chi connectivity index (χ1v) is 5.20. The number of carbonyl (C=O) groups excluding carboxylic acids is 1. The van der Waals surface area contributed by atoms with Crippen molar-refractivity contribution < 1.29 is 4.79 Å². The van der Waals surface area contributed by atoms with Crippen molar-refractivity contribution in [3.8, 4) is 0 Å². The number of benzene rings is 1. The van der Waals surface area contributed by atoms with E-state index >= 15 is 0 Å². The van der Waals surface area contributed by atoms with Gasteiger partial charge in [0.05, 0.1) is 0 Å². The van der Waals surface area contributed by atoms with Crippen molar-refractivity contribution in [3.05, 3.63) is 36.0 Å². The van der Waals surface area contributed by atoms with Gasteiger partial charge in [-0.25, -0.2) is 0 Å². The Morgan fingerprint density at radius 2 is 2.13 bits per heavy atom. The molecule has 0 aliphatic carbocycles. The molecule has 1 atom stereocenters. The van der Waals surface area contributed by atoms with Gasteiger partial charge in [-0.2, -0.15) is 0 Å². The highest BCUT2D eigenvalue weighted by Crippen LogP contribution is 2.22. The first-order chi connectivity index (χ1) is 7.22. The zero-order chi connectivity index (χ0) is 10.8. The number of aromatic nitrogens is 1. The topological polar surface area (TPSA) is 22.0 Å². The molecule has 1 heterocycles. The lowest BCUT2D eigenvalue weighted by Gasteiger charge is -2.00. The third kappa shape index (κ3) is 1.80. The van der Waals surface area contributed by atoms with E-state index in [2.05, 4.69) is 22.9 Å². The predicted octanol–water partition coefficient (Wildman–Crippen LogP) is 2.56. The molecule has 2 nitrogen and oxygen atoms in total. The van der Waals surface area contributed by atoms with Crippen LogP contribution >= 0.6 is 0 Å². The average molecular weight is 201 g/mol. The molecule has 1 aromatic carbocycles. The molecule has 0 N–H and O–H groups in total. The maximum Gasteiger partial charge on any atom is 0.123 e. The van der Waals surface area contributed by atoms with Crippen molar-refractivity contribution in [2.45, 2.75) is 13.3 Å². The smallest absolute Gasteiger partial charge is 0.123 e. The van der Waals surface area contributed by atoms with Crippen LogP contribution < -0.4 is 0 Å². The van der Waals surface area contributed by atoms with Gasteiger partial charge in [0.1, 0.15) is 6.29 Å². The summed E-state index contributed by atoms with van der Waals surface area (Å²) in [6, 6.07) is 8.29. The Morgan fingerprint density at radius 3 is 2.87 bits per heavy atom. The van der Waals surface area contributed by atoms with Gasteiger partial charge < -0.3 is 9.36 Å². The fourth-order valence-electron chi connectivity index (χ4n) is 1.98. The third-order valence-electron chi connectivity index (χ3n) is 2.75. The quantitative estimate of drug-likeness (QED) is 0.699. The summed E-state index contributed by atoms with van der Waals surface area (Å²) in [6.45, 7) is 1.95. The lowest BCUT2D eigenvalue weighted by molar-refractivity contribution is -0.110. The van der Waals surface area contributed by atoms with Gasteiger partial charge in [-0.15, -0.1) is 0 Å². The van der Waals surface area contributed by atoms with Crippen LogP contribution in [0.1, 0.15) is 12.5 Å². The summed E-state index contributed by atoms with van der Waals surface area (Å²) in [4.78, 5) is 10.6. The molecule has 0 aliphatic heterocycles. The number of para-hydroxylation sites is 1. The van der Waals surface area contributed by atoms with Crippen LogP contribution in [0.4, 0.5) is 0 Å². The molecule has 0 saturated carbocycles. The molecule has 15 heavy (non-hydrogen) atoms. The second-order valence-corrected chi connectivity index (χ2v) is 4.10. The Labute approximate surface area is 89.5 Å². The largest absolute Gasteiger partial charge is 0.350 e. The molecule has 0 amide bonds. The highest BCUT2D eigenvalue weighted by molar-refractivity contribution is 5.84. The van der Waals surface area contributed by atoms with E-state index in [9.17, 15) is 4.79 Å². The van der Waals surface area contributed by atoms with Crippen LogP contribution in [-0.4, -0.2) is 10.9 Å². The van der Waals surface area contributed by atoms with Crippen LogP contribution in [0, 0.1) is 5.92 Å². The number of aryl methyl sites for hydroxylation is 1. The highest BCUT2D eigenvalue weighted by Gasteiger charge is 2.08. The summed E-state index contributed by atoms with van der Waals surface area (Å²) in [5.41, 5.74) is 2.48. The molecular weight excluding hydrogens is 186 g/mol. The molecule has 0 radical (unpaired) electrons. The second kappa shape index (κ2) is 3.89. The van der Waals surface area contributed by atoms with Crippen molar-refractivity contribution in [1.29, 1.82) is 0 Å². The standard InChI is InChI=1S/C13H15NO/c1-10(9-15)7-11-8-14(2)13-6-4-3-5-12(11)13/h3-6,8-10H,7H2,1-2H3. The molecule has 0 spiro atoms. The van der Waals surface area contributed by atoms with Crippen LogP contribution in [0.2, 0.25) is 0 Å². The minimum atomic E-state index is 0.0933. The van der Waals surface area contributed by atoms with E-state index in [4.69, 9.17) is 0 Å². The van der Waals surface area contributed by atoms with Crippen molar-refractivity contribution in [1.82, 2.24) is 4.57 Å². The van der Waals surface area contributed by atoms with Gasteiger partial charge in [-0.1, -0.05) is 25.1 Å². The van der Waals surface area contributed by atoms with Crippen LogP contribution in [0.15, 0.2) is 30.5 Å². The SMILES string of the molecule is CC(C=O)Cc1cn(C)c2ccccc12. The molecule has 1 unspecified atom stereocenters. The summed E-state index contributed by atoms with van der Waals surface area (Å²) in [5.74, 6) is 0.0933. The minimum absolute atomic E-state index is 0.0933. The Kier molecular flexibility index (Phi) is 2.58. The third-order valence-corrected chi connectivity index (χ3v) is 2.75. The van der Waals surface area contributed by atoms with Gasteiger partial charge in [0.15, 0.2) is 0 Å². The van der Waals surface area contributed by atoms with Gasteiger partial charge in [-0.3, -0.25) is 0 Å². The summed E-state index contributed by atoms with van der Waals surface area (Å²) in [5, 5.41) is 1.26. The van der Waals surface area contributed by atoms with Crippen molar-refractivity contribution in [3.63, 3.8) is 0 Å².